The number of unbranched alkanes of at least 4 members (excludes halogenated alkanes) is 1. The minimum absolute atomic E-state index is 0.369. The van der Waals surface area contributed by atoms with Crippen LogP contribution in [0.25, 0.3) is 5.65 Å². The van der Waals surface area contributed by atoms with Gasteiger partial charge in [-0.25, -0.2) is 4.98 Å². The van der Waals surface area contributed by atoms with Crippen LogP contribution >= 0.6 is 0 Å². The van der Waals surface area contributed by atoms with Crippen LogP contribution in [0.15, 0.2) is 48.2 Å². The lowest BCUT2D eigenvalue weighted by molar-refractivity contribution is 0.853. The summed E-state index contributed by atoms with van der Waals surface area (Å²) < 4.78 is 1.91. The third-order valence-corrected chi connectivity index (χ3v) is 4.81. The van der Waals surface area contributed by atoms with Crippen molar-refractivity contribution in [2.24, 2.45) is 5.73 Å². The van der Waals surface area contributed by atoms with E-state index in [4.69, 9.17) is 10.7 Å². The van der Waals surface area contributed by atoms with Gasteiger partial charge in [-0.3, -0.25) is 0 Å². The van der Waals surface area contributed by atoms with Crippen LogP contribution in [0, 0.1) is 0 Å². The molecular weight excluding hydrogens is 348 g/mol. The number of anilines is 2. The van der Waals surface area contributed by atoms with Crippen molar-refractivity contribution in [2.75, 3.05) is 30.3 Å². The lowest BCUT2D eigenvalue weighted by Gasteiger charge is -2.13. The summed E-state index contributed by atoms with van der Waals surface area (Å²) in [4.78, 5) is 4.81. The summed E-state index contributed by atoms with van der Waals surface area (Å²) in [5.74, 6) is 2.17. The van der Waals surface area contributed by atoms with E-state index in [0.29, 0.717) is 5.92 Å². The second kappa shape index (κ2) is 10.1. The molecule has 1 aliphatic carbocycles. The summed E-state index contributed by atoms with van der Waals surface area (Å²) in [6.45, 7) is 6.60. The number of hydrogen-bond donors (Lipinski definition) is 3. The van der Waals surface area contributed by atoms with Crippen molar-refractivity contribution in [3.63, 3.8) is 0 Å². The van der Waals surface area contributed by atoms with E-state index in [-0.39, 0.29) is 0 Å². The van der Waals surface area contributed by atoms with Crippen molar-refractivity contribution >= 4 is 17.3 Å². The van der Waals surface area contributed by atoms with Crippen molar-refractivity contribution in [3.05, 3.63) is 53.8 Å². The standard InChI is InChI=1S/C22H32N6/c1-17(2)19-16-26-28-21(25-15-18-10-6-5-7-11-18)14-20(27-22(19)28)24-13-9-4-3-8-12-23/h4,6,9-11,14,16-17,25H,3,5,7-8,12-13,15,23H2,1-2H3,(H,24,27)/b9-4+. The third-order valence-electron chi connectivity index (χ3n) is 4.81. The number of rotatable bonds is 10. The van der Waals surface area contributed by atoms with E-state index in [1.54, 1.807) is 0 Å². The van der Waals surface area contributed by atoms with E-state index in [2.05, 4.69) is 60.0 Å². The highest BCUT2D eigenvalue weighted by Crippen LogP contribution is 2.24. The fraction of sp³-hybridized carbons (Fsp3) is 0.455. The van der Waals surface area contributed by atoms with Crippen molar-refractivity contribution < 1.29 is 0 Å². The maximum Gasteiger partial charge on any atom is 0.163 e. The van der Waals surface area contributed by atoms with Gasteiger partial charge in [-0.05, 0) is 43.7 Å². The molecule has 0 saturated heterocycles. The number of aromatic nitrogens is 3. The molecule has 4 N–H and O–H groups in total. The summed E-state index contributed by atoms with van der Waals surface area (Å²) in [6.07, 6.45) is 17.2. The van der Waals surface area contributed by atoms with Gasteiger partial charge in [0.15, 0.2) is 5.65 Å². The first kappa shape index (κ1) is 20.1. The van der Waals surface area contributed by atoms with Crippen molar-refractivity contribution in [1.82, 2.24) is 14.6 Å². The molecule has 2 aromatic heterocycles. The van der Waals surface area contributed by atoms with Gasteiger partial charge in [0.25, 0.3) is 0 Å². The summed E-state index contributed by atoms with van der Waals surface area (Å²) in [7, 11) is 0. The lowest BCUT2D eigenvalue weighted by Crippen LogP contribution is -2.11. The smallest absolute Gasteiger partial charge is 0.163 e. The van der Waals surface area contributed by atoms with Gasteiger partial charge in [0.05, 0.1) is 6.20 Å². The van der Waals surface area contributed by atoms with Gasteiger partial charge >= 0.3 is 0 Å². The first-order chi connectivity index (χ1) is 13.7. The molecule has 0 saturated carbocycles. The summed E-state index contributed by atoms with van der Waals surface area (Å²) in [6, 6.07) is 2.03. The van der Waals surface area contributed by atoms with Gasteiger partial charge in [-0.1, -0.05) is 44.2 Å². The Balaban J connectivity index is 1.78. The molecule has 0 unspecified atom stereocenters. The second-order valence-electron chi connectivity index (χ2n) is 7.41. The molecule has 0 radical (unpaired) electrons. The third kappa shape index (κ3) is 5.23. The molecule has 1 aliphatic rings. The molecule has 0 bridgehead atoms. The molecule has 0 spiro atoms. The van der Waals surface area contributed by atoms with Crippen LogP contribution in [0.1, 0.15) is 51.0 Å². The van der Waals surface area contributed by atoms with Gasteiger partial charge in [0.1, 0.15) is 11.6 Å². The van der Waals surface area contributed by atoms with Crippen LogP contribution in [0.2, 0.25) is 0 Å². The van der Waals surface area contributed by atoms with Crippen molar-refractivity contribution in [2.45, 2.75) is 45.4 Å². The lowest BCUT2D eigenvalue weighted by atomic mass is 10.1. The Morgan fingerprint density at radius 3 is 2.89 bits per heavy atom. The van der Waals surface area contributed by atoms with Gasteiger partial charge < -0.3 is 16.4 Å². The molecular formula is C22H32N6. The molecule has 2 heterocycles. The fourth-order valence-corrected chi connectivity index (χ4v) is 3.20. The predicted molar refractivity (Wildman–Crippen MR) is 118 cm³/mol. The van der Waals surface area contributed by atoms with Gasteiger partial charge in [-0.2, -0.15) is 9.61 Å². The predicted octanol–water partition coefficient (Wildman–Crippen LogP) is 4.25. The van der Waals surface area contributed by atoms with Gasteiger partial charge in [-0.15, -0.1) is 0 Å². The fourth-order valence-electron chi connectivity index (χ4n) is 3.20. The normalized spacial score (nSPS) is 14.2. The van der Waals surface area contributed by atoms with Crippen LogP contribution < -0.4 is 16.4 Å². The Morgan fingerprint density at radius 2 is 2.14 bits per heavy atom. The van der Waals surface area contributed by atoms with Crippen LogP contribution in [0.5, 0.6) is 0 Å². The summed E-state index contributed by atoms with van der Waals surface area (Å²) in [5.41, 5.74) is 8.90. The number of hydrogen-bond acceptors (Lipinski definition) is 5. The number of nitrogens with one attached hydrogen (secondary N) is 2. The van der Waals surface area contributed by atoms with Crippen LogP contribution in [0.3, 0.4) is 0 Å². The largest absolute Gasteiger partial charge is 0.366 e. The number of allylic oxidation sites excluding steroid dienone is 3. The number of fused-ring (bicyclic) bond motifs is 1. The molecule has 28 heavy (non-hydrogen) atoms. The van der Waals surface area contributed by atoms with Crippen LogP contribution in [-0.2, 0) is 0 Å². The maximum absolute atomic E-state index is 5.53. The van der Waals surface area contributed by atoms with Crippen LogP contribution in [0.4, 0.5) is 11.6 Å². The SMILES string of the molecule is CC(C)c1cnn2c(NCC3=CCCC=C3)cc(NC/C=C/CCCN)nc12. The maximum atomic E-state index is 5.53. The van der Waals surface area contributed by atoms with Crippen molar-refractivity contribution in [1.29, 1.82) is 0 Å². The van der Waals surface area contributed by atoms with E-state index >= 15 is 0 Å². The molecule has 150 valence electrons. The topological polar surface area (TPSA) is 80.3 Å². The summed E-state index contributed by atoms with van der Waals surface area (Å²) >= 11 is 0. The quantitative estimate of drug-likeness (QED) is 0.424. The highest BCUT2D eigenvalue weighted by atomic mass is 15.3. The second-order valence-corrected chi connectivity index (χ2v) is 7.41. The minimum atomic E-state index is 0.369. The van der Waals surface area contributed by atoms with Crippen molar-refractivity contribution in [3.8, 4) is 0 Å². The van der Waals surface area contributed by atoms with Gasteiger partial charge in [0, 0.05) is 24.7 Å². The number of nitrogens with zero attached hydrogens (tertiary/aromatic N) is 3. The summed E-state index contributed by atoms with van der Waals surface area (Å²) in [5, 5.41) is 11.5. The zero-order valence-electron chi connectivity index (χ0n) is 17.0. The number of nitrogens with two attached hydrogens (primary N) is 1. The van der Waals surface area contributed by atoms with E-state index in [1.165, 1.54) is 5.57 Å². The van der Waals surface area contributed by atoms with E-state index < -0.39 is 0 Å². The molecule has 6 heteroatoms. The van der Waals surface area contributed by atoms with Gasteiger partial charge in [0.2, 0.25) is 0 Å². The van der Waals surface area contributed by atoms with E-state index in [1.807, 2.05) is 16.8 Å². The molecule has 0 amide bonds. The average Bonchev–Trinajstić information content (AvgIpc) is 3.14. The van der Waals surface area contributed by atoms with E-state index in [0.717, 1.165) is 68.2 Å². The zero-order chi connectivity index (χ0) is 19.8. The Morgan fingerprint density at radius 1 is 1.25 bits per heavy atom. The highest BCUT2D eigenvalue weighted by molar-refractivity contribution is 5.61. The Kier molecular flexibility index (Phi) is 7.25. The van der Waals surface area contributed by atoms with Crippen LogP contribution in [-0.4, -0.2) is 34.2 Å². The Bertz CT molecular complexity index is 859. The molecule has 0 aromatic carbocycles. The zero-order valence-corrected chi connectivity index (χ0v) is 17.0. The minimum Gasteiger partial charge on any atom is -0.366 e. The molecule has 0 fully saturated rings. The first-order valence-electron chi connectivity index (χ1n) is 10.3. The van der Waals surface area contributed by atoms with E-state index in [9.17, 15) is 0 Å². The Hall–Kier alpha value is -2.60. The first-order valence-corrected chi connectivity index (χ1v) is 10.3. The molecule has 2 aromatic rings. The molecule has 3 rings (SSSR count). The Labute approximate surface area is 167 Å². The monoisotopic (exact) mass is 380 g/mol. The molecule has 0 aliphatic heterocycles. The highest BCUT2D eigenvalue weighted by Gasteiger charge is 2.14. The molecule has 0 atom stereocenters. The molecule has 6 nitrogen and oxygen atoms in total. The average molecular weight is 381 g/mol.